The largest absolute Gasteiger partial charge is 0.425 e. The standard InChI is InChI=1S/C21H17F2NO4/c1-11-8-16(25)20-17(7-6-14(23)19(11)20)28-21(27)12-9-18(26)24(10-12)15-5-3-2-4-13(15)22/h2-7,11-12H,8-10H2,1H3. The molecule has 2 unspecified atom stereocenters. The van der Waals surface area contributed by atoms with Gasteiger partial charge >= 0.3 is 5.97 Å². The SMILES string of the molecule is CC1CC(=O)c2c(OC(=O)C3CC(=O)N(c4ccccc4F)C3)ccc(F)c21. The Hall–Kier alpha value is -3.09. The van der Waals surface area contributed by atoms with Gasteiger partial charge < -0.3 is 9.64 Å². The minimum atomic E-state index is -0.804. The number of Topliss-reactive ketones (excluding diaryl/α,β-unsaturated/α-hetero) is 1. The van der Waals surface area contributed by atoms with Crippen molar-refractivity contribution in [3.05, 3.63) is 59.2 Å². The van der Waals surface area contributed by atoms with Gasteiger partial charge in [0.25, 0.3) is 0 Å². The van der Waals surface area contributed by atoms with Crippen LogP contribution >= 0.6 is 0 Å². The molecule has 1 saturated heterocycles. The number of fused-ring (bicyclic) bond motifs is 1. The topological polar surface area (TPSA) is 63.7 Å². The Labute approximate surface area is 159 Å². The number of esters is 1. The first-order valence-corrected chi connectivity index (χ1v) is 8.99. The molecule has 2 aliphatic rings. The highest BCUT2D eigenvalue weighted by molar-refractivity contribution is 6.05. The van der Waals surface area contributed by atoms with Gasteiger partial charge in [-0.15, -0.1) is 0 Å². The Morgan fingerprint density at radius 1 is 1.07 bits per heavy atom. The Balaban J connectivity index is 1.56. The van der Waals surface area contributed by atoms with Crippen molar-refractivity contribution in [1.82, 2.24) is 0 Å². The fraction of sp³-hybridized carbons (Fsp3) is 0.286. The van der Waals surface area contributed by atoms with Crippen molar-refractivity contribution in [3.8, 4) is 5.75 Å². The van der Waals surface area contributed by atoms with Gasteiger partial charge in [-0.3, -0.25) is 14.4 Å². The van der Waals surface area contributed by atoms with E-state index in [1.165, 1.54) is 35.2 Å². The van der Waals surface area contributed by atoms with Gasteiger partial charge in [0.05, 0.1) is 17.2 Å². The fourth-order valence-electron chi connectivity index (χ4n) is 3.87. The molecule has 28 heavy (non-hydrogen) atoms. The highest BCUT2D eigenvalue weighted by Gasteiger charge is 2.39. The molecule has 0 saturated carbocycles. The van der Waals surface area contributed by atoms with Gasteiger partial charge in [-0.25, -0.2) is 8.78 Å². The molecule has 4 rings (SSSR count). The van der Waals surface area contributed by atoms with Crippen molar-refractivity contribution in [2.75, 3.05) is 11.4 Å². The lowest BCUT2D eigenvalue weighted by Gasteiger charge is -2.17. The summed E-state index contributed by atoms with van der Waals surface area (Å²) < 4.78 is 33.4. The smallest absolute Gasteiger partial charge is 0.316 e. The number of ketones is 1. The molecule has 0 spiro atoms. The third-order valence-corrected chi connectivity index (χ3v) is 5.23. The van der Waals surface area contributed by atoms with Crippen molar-refractivity contribution < 1.29 is 27.9 Å². The van der Waals surface area contributed by atoms with Gasteiger partial charge in [0.15, 0.2) is 5.78 Å². The highest BCUT2D eigenvalue weighted by atomic mass is 19.1. The van der Waals surface area contributed by atoms with E-state index in [-0.39, 0.29) is 59.6 Å². The summed E-state index contributed by atoms with van der Waals surface area (Å²) in [7, 11) is 0. The molecular formula is C21H17F2NO4. The average molecular weight is 385 g/mol. The average Bonchev–Trinajstić information content (AvgIpc) is 3.18. The van der Waals surface area contributed by atoms with Crippen molar-refractivity contribution in [1.29, 1.82) is 0 Å². The second-order valence-electron chi connectivity index (χ2n) is 7.14. The quantitative estimate of drug-likeness (QED) is 0.598. The van der Waals surface area contributed by atoms with E-state index in [2.05, 4.69) is 0 Å². The van der Waals surface area contributed by atoms with E-state index in [0.29, 0.717) is 0 Å². The molecule has 0 radical (unpaired) electrons. The number of hydrogen-bond acceptors (Lipinski definition) is 4. The maximum atomic E-state index is 14.1. The van der Waals surface area contributed by atoms with Gasteiger partial charge in [-0.05, 0) is 30.2 Å². The van der Waals surface area contributed by atoms with Gasteiger partial charge in [-0.2, -0.15) is 0 Å². The van der Waals surface area contributed by atoms with Crippen molar-refractivity contribution in [2.24, 2.45) is 5.92 Å². The van der Waals surface area contributed by atoms with Crippen LogP contribution in [0.25, 0.3) is 0 Å². The monoisotopic (exact) mass is 385 g/mol. The second-order valence-corrected chi connectivity index (χ2v) is 7.14. The number of rotatable bonds is 3. The first-order valence-electron chi connectivity index (χ1n) is 8.99. The number of carbonyl (C=O) groups excluding carboxylic acids is 3. The number of anilines is 1. The molecule has 1 amide bonds. The number of amides is 1. The molecule has 2 aromatic rings. The zero-order valence-electron chi connectivity index (χ0n) is 15.1. The van der Waals surface area contributed by atoms with Crippen LogP contribution in [-0.4, -0.2) is 24.2 Å². The lowest BCUT2D eigenvalue weighted by molar-refractivity contribution is -0.139. The van der Waals surface area contributed by atoms with Crippen LogP contribution in [0, 0.1) is 17.6 Å². The third kappa shape index (κ3) is 2.96. The van der Waals surface area contributed by atoms with Crippen LogP contribution in [0.5, 0.6) is 5.75 Å². The fourth-order valence-corrected chi connectivity index (χ4v) is 3.87. The van der Waals surface area contributed by atoms with Crippen LogP contribution in [0.1, 0.15) is 41.6 Å². The summed E-state index contributed by atoms with van der Waals surface area (Å²) in [5, 5.41) is 0. The molecule has 1 heterocycles. The molecule has 5 nitrogen and oxygen atoms in total. The van der Waals surface area contributed by atoms with E-state index in [1.54, 1.807) is 13.0 Å². The Kier molecular flexibility index (Phi) is 4.45. The van der Waals surface area contributed by atoms with E-state index in [4.69, 9.17) is 4.74 Å². The highest BCUT2D eigenvalue weighted by Crippen LogP contribution is 2.40. The first-order chi connectivity index (χ1) is 13.4. The van der Waals surface area contributed by atoms with Crippen molar-refractivity contribution in [2.45, 2.75) is 25.7 Å². The summed E-state index contributed by atoms with van der Waals surface area (Å²) in [6.45, 7) is 1.71. The first kappa shape index (κ1) is 18.3. The minimum absolute atomic E-state index is 0.00698. The summed E-state index contributed by atoms with van der Waals surface area (Å²) in [5.74, 6) is -3.51. The van der Waals surface area contributed by atoms with Crippen LogP contribution < -0.4 is 9.64 Å². The van der Waals surface area contributed by atoms with Gasteiger partial charge in [0.1, 0.15) is 17.4 Å². The zero-order valence-corrected chi connectivity index (χ0v) is 15.1. The number of nitrogens with zero attached hydrogens (tertiary/aromatic N) is 1. The molecule has 0 aromatic heterocycles. The van der Waals surface area contributed by atoms with Gasteiger partial charge in [0, 0.05) is 24.9 Å². The van der Waals surface area contributed by atoms with E-state index in [0.717, 1.165) is 0 Å². The van der Waals surface area contributed by atoms with Crippen LogP contribution in [0.2, 0.25) is 0 Å². The maximum absolute atomic E-state index is 14.1. The normalized spacial score (nSPS) is 21.2. The van der Waals surface area contributed by atoms with Crippen LogP contribution in [0.15, 0.2) is 36.4 Å². The molecule has 0 N–H and O–H groups in total. The molecule has 2 atom stereocenters. The number of carbonyl (C=O) groups is 3. The van der Waals surface area contributed by atoms with Crippen LogP contribution in [0.3, 0.4) is 0 Å². The summed E-state index contributed by atoms with van der Waals surface area (Å²) in [4.78, 5) is 38.3. The number of ether oxygens (including phenoxy) is 1. The molecule has 2 aromatic carbocycles. The molecular weight excluding hydrogens is 368 g/mol. The minimum Gasteiger partial charge on any atom is -0.425 e. The zero-order chi connectivity index (χ0) is 20.0. The van der Waals surface area contributed by atoms with Crippen LogP contribution in [0.4, 0.5) is 14.5 Å². The summed E-state index contributed by atoms with van der Waals surface area (Å²) in [6, 6.07) is 8.25. The van der Waals surface area contributed by atoms with E-state index >= 15 is 0 Å². The van der Waals surface area contributed by atoms with Crippen molar-refractivity contribution in [3.63, 3.8) is 0 Å². The molecule has 0 bridgehead atoms. The molecule has 7 heteroatoms. The van der Waals surface area contributed by atoms with E-state index in [9.17, 15) is 23.2 Å². The Morgan fingerprint density at radius 2 is 1.82 bits per heavy atom. The summed E-state index contributed by atoms with van der Waals surface area (Å²) in [6.07, 6.45) is 0.0324. The lowest BCUT2D eigenvalue weighted by atomic mass is 10.0. The van der Waals surface area contributed by atoms with E-state index < -0.39 is 23.5 Å². The predicted molar refractivity (Wildman–Crippen MR) is 96.3 cm³/mol. The number of halogens is 2. The predicted octanol–water partition coefficient (Wildman–Crippen LogP) is 3.61. The Morgan fingerprint density at radius 3 is 2.57 bits per heavy atom. The van der Waals surface area contributed by atoms with E-state index in [1.807, 2.05) is 0 Å². The molecule has 144 valence electrons. The molecule has 1 aliphatic carbocycles. The van der Waals surface area contributed by atoms with Gasteiger partial charge in [0.2, 0.25) is 5.91 Å². The number of hydrogen-bond donors (Lipinski definition) is 0. The van der Waals surface area contributed by atoms with Gasteiger partial charge in [-0.1, -0.05) is 19.1 Å². The number of benzene rings is 2. The maximum Gasteiger partial charge on any atom is 0.316 e. The summed E-state index contributed by atoms with van der Waals surface area (Å²) >= 11 is 0. The van der Waals surface area contributed by atoms with Crippen molar-refractivity contribution >= 4 is 23.3 Å². The lowest BCUT2D eigenvalue weighted by Crippen LogP contribution is -2.28. The summed E-state index contributed by atoms with van der Waals surface area (Å²) in [5.41, 5.74) is 0.455. The third-order valence-electron chi connectivity index (χ3n) is 5.23. The molecule has 1 fully saturated rings. The molecule has 1 aliphatic heterocycles. The van der Waals surface area contributed by atoms with Crippen LogP contribution in [-0.2, 0) is 9.59 Å². The number of para-hydroxylation sites is 1. The Bertz CT molecular complexity index is 1000. The second kappa shape index (κ2) is 6.82.